The summed E-state index contributed by atoms with van der Waals surface area (Å²) in [6.45, 7) is 9.69. The number of hydrogen-bond donors (Lipinski definition) is 1. The number of hydrogen-bond acceptors (Lipinski definition) is 5. The highest BCUT2D eigenvalue weighted by molar-refractivity contribution is 8.02. The molecule has 0 radical (unpaired) electrons. The SMILES string of the molecule is Cc1nnc(SC(C)C(=O)NC(C)(C)C)s1. The van der Waals surface area contributed by atoms with Crippen LogP contribution in [0, 0.1) is 6.92 Å². The molecule has 1 heterocycles. The topological polar surface area (TPSA) is 54.9 Å². The number of thioether (sulfide) groups is 1. The van der Waals surface area contributed by atoms with Gasteiger partial charge in [-0.25, -0.2) is 0 Å². The van der Waals surface area contributed by atoms with Crippen LogP contribution in [-0.2, 0) is 4.79 Å². The summed E-state index contributed by atoms with van der Waals surface area (Å²) in [5.41, 5.74) is -0.192. The van der Waals surface area contributed by atoms with E-state index in [4.69, 9.17) is 0 Å². The van der Waals surface area contributed by atoms with E-state index in [1.165, 1.54) is 23.1 Å². The molecule has 1 atom stereocenters. The average Bonchev–Trinajstić information content (AvgIpc) is 2.48. The molecule has 6 heteroatoms. The summed E-state index contributed by atoms with van der Waals surface area (Å²) in [6, 6.07) is 0. The molecule has 1 aromatic rings. The highest BCUT2D eigenvalue weighted by Crippen LogP contribution is 2.26. The first-order valence-corrected chi connectivity index (χ1v) is 6.76. The first kappa shape index (κ1) is 13.4. The van der Waals surface area contributed by atoms with E-state index in [2.05, 4.69) is 15.5 Å². The monoisotopic (exact) mass is 259 g/mol. The predicted molar refractivity (Wildman–Crippen MR) is 67.9 cm³/mol. The Morgan fingerprint density at radius 3 is 2.50 bits per heavy atom. The van der Waals surface area contributed by atoms with Crippen LogP contribution >= 0.6 is 23.1 Å². The molecule has 0 fully saturated rings. The molecule has 4 nitrogen and oxygen atoms in total. The van der Waals surface area contributed by atoms with Gasteiger partial charge in [0.2, 0.25) is 5.91 Å². The third-order valence-electron chi connectivity index (χ3n) is 1.65. The first-order chi connectivity index (χ1) is 7.28. The lowest BCUT2D eigenvalue weighted by Gasteiger charge is -2.22. The van der Waals surface area contributed by atoms with E-state index in [1.54, 1.807) is 0 Å². The third kappa shape index (κ3) is 4.49. The zero-order valence-electron chi connectivity index (χ0n) is 10.2. The van der Waals surface area contributed by atoms with Gasteiger partial charge < -0.3 is 5.32 Å². The normalized spacial score (nSPS) is 13.6. The second-order valence-electron chi connectivity index (χ2n) is 4.59. The summed E-state index contributed by atoms with van der Waals surface area (Å²) in [5, 5.41) is 11.6. The van der Waals surface area contributed by atoms with Gasteiger partial charge in [0.1, 0.15) is 5.01 Å². The van der Waals surface area contributed by atoms with Gasteiger partial charge in [-0.05, 0) is 34.6 Å². The van der Waals surface area contributed by atoms with Gasteiger partial charge >= 0.3 is 0 Å². The Morgan fingerprint density at radius 1 is 1.44 bits per heavy atom. The minimum atomic E-state index is -0.192. The van der Waals surface area contributed by atoms with Gasteiger partial charge in [-0.1, -0.05) is 23.1 Å². The fraction of sp³-hybridized carbons (Fsp3) is 0.700. The van der Waals surface area contributed by atoms with Gasteiger partial charge in [-0.15, -0.1) is 10.2 Å². The minimum absolute atomic E-state index is 0.0327. The Balaban J connectivity index is 2.52. The van der Waals surface area contributed by atoms with Crippen LogP contribution < -0.4 is 5.32 Å². The zero-order chi connectivity index (χ0) is 12.3. The van der Waals surface area contributed by atoms with Crippen LogP contribution in [0.4, 0.5) is 0 Å². The maximum absolute atomic E-state index is 11.8. The van der Waals surface area contributed by atoms with E-state index in [0.29, 0.717) is 0 Å². The highest BCUT2D eigenvalue weighted by Gasteiger charge is 2.21. The maximum Gasteiger partial charge on any atom is 0.233 e. The Labute approximate surface area is 104 Å². The van der Waals surface area contributed by atoms with E-state index in [-0.39, 0.29) is 16.7 Å². The van der Waals surface area contributed by atoms with E-state index in [0.717, 1.165) is 9.35 Å². The molecule has 0 spiro atoms. The van der Waals surface area contributed by atoms with Crippen LogP contribution in [0.1, 0.15) is 32.7 Å². The number of aryl methyl sites for hydroxylation is 1. The molecule has 16 heavy (non-hydrogen) atoms. The summed E-state index contributed by atoms with van der Waals surface area (Å²) < 4.78 is 0.842. The molecule has 1 N–H and O–H groups in total. The van der Waals surface area contributed by atoms with Crippen LogP contribution in [0.3, 0.4) is 0 Å². The summed E-state index contributed by atoms with van der Waals surface area (Å²) in [5.74, 6) is 0.0327. The molecule has 1 rings (SSSR count). The fourth-order valence-electron chi connectivity index (χ4n) is 1.00. The molecular weight excluding hydrogens is 242 g/mol. The lowest BCUT2D eigenvalue weighted by molar-refractivity contribution is -0.121. The van der Waals surface area contributed by atoms with Crippen LogP contribution in [0.2, 0.25) is 0 Å². The number of aromatic nitrogens is 2. The summed E-state index contributed by atoms with van der Waals surface area (Å²) >= 11 is 2.96. The maximum atomic E-state index is 11.8. The molecule has 1 unspecified atom stereocenters. The number of nitrogens with one attached hydrogen (secondary N) is 1. The van der Waals surface area contributed by atoms with E-state index < -0.39 is 0 Å². The van der Waals surface area contributed by atoms with Gasteiger partial charge in [-0.3, -0.25) is 4.79 Å². The van der Waals surface area contributed by atoms with Crippen molar-refractivity contribution in [2.24, 2.45) is 0 Å². The second kappa shape index (κ2) is 5.14. The number of carbonyl (C=O) groups excluding carboxylic acids is 1. The molecule has 0 aromatic carbocycles. The van der Waals surface area contributed by atoms with Gasteiger partial charge in [0.15, 0.2) is 4.34 Å². The molecule has 1 aromatic heterocycles. The summed E-state index contributed by atoms with van der Waals surface area (Å²) in [7, 11) is 0. The molecule has 1 amide bonds. The lowest BCUT2D eigenvalue weighted by atomic mass is 10.1. The van der Waals surface area contributed by atoms with Gasteiger partial charge in [0.25, 0.3) is 0 Å². The number of carbonyl (C=O) groups is 1. The predicted octanol–water partition coefficient (Wildman–Crippen LogP) is 2.24. The summed E-state index contributed by atoms with van der Waals surface area (Å²) in [6.07, 6.45) is 0. The van der Waals surface area contributed by atoms with Gasteiger partial charge in [0, 0.05) is 5.54 Å². The zero-order valence-corrected chi connectivity index (χ0v) is 11.8. The fourth-order valence-corrected chi connectivity index (χ4v) is 2.96. The number of rotatable bonds is 3. The minimum Gasteiger partial charge on any atom is -0.351 e. The van der Waals surface area contributed by atoms with Gasteiger partial charge in [-0.2, -0.15) is 0 Å². The van der Waals surface area contributed by atoms with Crippen molar-refractivity contribution >= 4 is 29.0 Å². The van der Waals surface area contributed by atoms with E-state index in [1.807, 2.05) is 34.6 Å². The smallest absolute Gasteiger partial charge is 0.233 e. The molecule has 0 saturated carbocycles. The van der Waals surface area contributed by atoms with Crippen molar-refractivity contribution in [2.45, 2.75) is 49.7 Å². The molecule has 0 saturated heterocycles. The largest absolute Gasteiger partial charge is 0.351 e. The molecular formula is C10H17N3OS2. The second-order valence-corrected chi connectivity index (χ2v) is 7.36. The van der Waals surface area contributed by atoms with Crippen LogP contribution in [-0.4, -0.2) is 26.9 Å². The third-order valence-corrected chi connectivity index (χ3v) is 3.68. The Hall–Kier alpha value is -0.620. The van der Waals surface area contributed by atoms with Crippen molar-refractivity contribution < 1.29 is 4.79 Å². The molecule has 90 valence electrons. The lowest BCUT2D eigenvalue weighted by Crippen LogP contribution is -2.44. The van der Waals surface area contributed by atoms with E-state index in [9.17, 15) is 4.79 Å². The highest BCUT2D eigenvalue weighted by atomic mass is 32.2. The Kier molecular flexibility index (Phi) is 4.32. The van der Waals surface area contributed by atoms with Crippen molar-refractivity contribution in [3.63, 3.8) is 0 Å². The average molecular weight is 259 g/mol. The van der Waals surface area contributed by atoms with E-state index >= 15 is 0 Å². The van der Waals surface area contributed by atoms with Crippen molar-refractivity contribution in [3.05, 3.63) is 5.01 Å². The number of amides is 1. The molecule has 0 aliphatic carbocycles. The van der Waals surface area contributed by atoms with Crippen LogP contribution in [0.25, 0.3) is 0 Å². The number of nitrogens with zero attached hydrogens (tertiary/aromatic N) is 2. The molecule has 0 aliphatic heterocycles. The Morgan fingerprint density at radius 2 is 2.06 bits per heavy atom. The summed E-state index contributed by atoms with van der Waals surface area (Å²) in [4.78, 5) is 11.8. The Bertz CT molecular complexity index is 370. The van der Waals surface area contributed by atoms with Crippen LogP contribution in [0.15, 0.2) is 4.34 Å². The van der Waals surface area contributed by atoms with Crippen molar-refractivity contribution in [1.82, 2.24) is 15.5 Å². The molecule has 0 aliphatic rings. The molecule has 0 bridgehead atoms. The van der Waals surface area contributed by atoms with Crippen molar-refractivity contribution in [3.8, 4) is 0 Å². The quantitative estimate of drug-likeness (QED) is 0.846. The van der Waals surface area contributed by atoms with Crippen molar-refractivity contribution in [2.75, 3.05) is 0 Å². The van der Waals surface area contributed by atoms with Crippen LogP contribution in [0.5, 0.6) is 0 Å². The first-order valence-electron chi connectivity index (χ1n) is 5.07. The van der Waals surface area contributed by atoms with Gasteiger partial charge in [0.05, 0.1) is 5.25 Å². The standard InChI is InChI=1S/C10H17N3OS2/c1-6(8(14)11-10(3,4)5)15-9-13-12-7(2)16-9/h6H,1-5H3,(H,11,14). The van der Waals surface area contributed by atoms with Crippen molar-refractivity contribution in [1.29, 1.82) is 0 Å².